The number of allylic oxidation sites excluding steroid dienone is 1. The Morgan fingerprint density at radius 3 is 2.43 bits per heavy atom. The summed E-state index contributed by atoms with van der Waals surface area (Å²) in [4.78, 5) is 37.7. The Balaban J connectivity index is 0.000000879. The van der Waals surface area contributed by atoms with Crippen molar-refractivity contribution < 1.29 is 23.6 Å². The summed E-state index contributed by atoms with van der Waals surface area (Å²) in [7, 11) is 3.76. The number of hydrogen-bond donors (Lipinski definition) is 1. The fraction of sp³-hybridized carbons (Fsp3) is 0.538. The molecule has 2 atom stereocenters. The zero-order valence-electron chi connectivity index (χ0n) is 32.4. The number of nitrogens with zero attached hydrogens (tertiary/aromatic N) is 6. The van der Waals surface area contributed by atoms with Crippen molar-refractivity contribution in [1.82, 2.24) is 25.6 Å². The van der Waals surface area contributed by atoms with Gasteiger partial charge in [-0.2, -0.15) is 4.98 Å². The lowest BCUT2D eigenvalue weighted by Gasteiger charge is -2.33. The smallest absolute Gasteiger partial charge is 0.302 e. The quantitative estimate of drug-likeness (QED) is 0.0983. The second-order valence-corrected chi connectivity index (χ2v) is 13.0. The maximum Gasteiger partial charge on any atom is 0.302 e. The number of carbonyl (C=O) groups excluding carboxylic acids is 2. The van der Waals surface area contributed by atoms with Gasteiger partial charge in [0.15, 0.2) is 0 Å². The SMILES string of the molecule is C=NC(C=O)Cc1nc(-c2ccc(N(CC)/C(=C(\C)CC(C)(C)COC(C)=O)c3cccnc3C(C)OC)cc2)no1.CC.CN1CCCCN1. The highest BCUT2D eigenvalue weighted by atomic mass is 16.5. The lowest BCUT2D eigenvalue weighted by Crippen LogP contribution is -2.39. The minimum atomic E-state index is -0.621. The topological polar surface area (TPSA) is 135 Å². The summed E-state index contributed by atoms with van der Waals surface area (Å²) in [6.45, 7) is 22.6. The molecule has 4 rings (SSSR count). The van der Waals surface area contributed by atoms with E-state index in [0.717, 1.165) is 40.3 Å². The van der Waals surface area contributed by atoms with Gasteiger partial charge in [-0.1, -0.05) is 32.9 Å². The second kappa shape index (κ2) is 21.8. The highest BCUT2D eigenvalue weighted by molar-refractivity contribution is 5.83. The summed E-state index contributed by atoms with van der Waals surface area (Å²) in [6.07, 6.45) is 5.84. The zero-order valence-corrected chi connectivity index (χ0v) is 32.4. The van der Waals surface area contributed by atoms with Crippen molar-refractivity contribution in [3.63, 3.8) is 0 Å². The third-order valence-corrected chi connectivity index (χ3v) is 8.22. The van der Waals surface area contributed by atoms with Crippen LogP contribution in [0.4, 0.5) is 5.69 Å². The predicted molar refractivity (Wildman–Crippen MR) is 204 cm³/mol. The molecule has 1 aliphatic rings. The van der Waals surface area contributed by atoms with Crippen LogP contribution in [-0.2, 0) is 25.5 Å². The number of aldehydes is 1. The molecule has 12 nitrogen and oxygen atoms in total. The maximum absolute atomic E-state index is 11.5. The van der Waals surface area contributed by atoms with Crippen LogP contribution in [0, 0.1) is 5.41 Å². The Morgan fingerprint density at radius 1 is 1.20 bits per heavy atom. The number of anilines is 1. The number of ether oxygens (including phenoxy) is 2. The van der Waals surface area contributed by atoms with Gasteiger partial charge in [0.25, 0.3) is 0 Å². The highest BCUT2D eigenvalue weighted by Gasteiger charge is 2.27. The third kappa shape index (κ3) is 13.4. The van der Waals surface area contributed by atoms with Crippen LogP contribution in [-0.4, -0.2) is 85.5 Å². The lowest BCUT2D eigenvalue weighted by molar-refractivity contribution is -0.143. The van der Waals surface area contributed by atoms with Crippen LogP contribution in [0.2, 0.25) is 0 Å². The monoisotopic (exact) mass is 705 g/mol. The van der Waals surface area contributed by atoms with E-state index in [1.165, 1.54) is 26.3 Å². The summed E-state index contributed by atoms with van der Waals surface area (Å²) in [6, 6.07) is 11.3. The molecule has 0 spiro atoms. The van der Waals surface area contributed by atoms with Crippen molar-refractivity contribution in [2.75, 3.05) is 45.3 Å². The molecule has 2 aromatic heterocycles. The van der Waals surface area contributed by atoms with Gasteiger partial charge in [-0.3, -0.25) is 20.2 Å². The minimum absolute atomic E-state index is 0.205. The van der Waals surface area contributed by atoms with E-state index < -0.39 is 6.04 Å². The van der Waals surface area contributed by atoms with E-state index in [-0.39, 0.29) is 23.9 Å². The molecule has 12 heteroatoms. The molecule has 0 bridgehead atoms. The van der Waals surface area contributed by atoms with Gasteiger partial charge in [-0.15, -0.1) is 0 Å². The van der Waals surface area contributed by atoms with E-state index >= 15 is 0 Å². The van der Waals surface area contributed by atoms with Crippen molar-refractivity contribution in [1.29, 1.82) is 0 Å². The Hall–Kier alpha value is -4.26. The number of carbonyl (C=O) groups is 2. The van der Waals surface area contributed by atoms with Crippen molar-refractivity contribution in [3.8, 4) is 11.4 Å². The largest absolute Gasteiger partial charge is 0.465 e. The Morgan fingerprint density at radius 2 is 1.90 bits per heavy atom. The summed E-state index contributed by atoms with van der Waals surface area (Å²) in [5, 5.41) is 6.22. The molecule has 1 N–H and O–H groups in total. The van der Waals surface area contributed by atoms with Crippen LogP contribution in [0.3, 0.4) is 0 Å². The van der Waals surface area contributed by atoms with Crippen LogP contribution in [0.15, 0.2) is 57.7 Å². The van der Waals surface area contributed by atoms with Crippen molar-refractivity contribution >= 4 is 30.4 Å². The van der Waals surface area contributed by atoms with E-state index in [0.29, 0.717) is 37.6 Å². The summed E-state index contributed by atoms with van der Waals surface area (Å²) < 4.78 is 16.4. The van der Waals surface area contributed by atoms with E-state index in [1.807, 2.05) is 51.1 Å². The number of aliphatic imine (C=N–C) groups is 1. The van der Waals surface area contributed by atoms with Crippen LogP contribution in [0.1, 0.15) is 97.9 Å². The van der Waals surface area contributed by atoms with Gasteiger partial charge in [0, 0.05) is 74.8 Å². The van der Waals surface area contributed by atoms with Gasteiger partial charge in [-0.05, 0) is 88.7 Å². The number of nitrogens with one attached hydrogen (secondary N) is 1. The first-order valence-corrected chi connectivity index (χ1v) is 17.8. The predicted octanol–water partition coefficient (Wildman–Crippen LogP) is 7.13. The third-order valence-electron chi connectivity index (χ3n) is 8.22. The Labute approximate surface area is 304 Å². The van der Waals surface area contributed by atoms with Gasteiger partial charge in [0.2, 0.25) is 11.7 Å². The molecule has 280 valence electrons. The van der Waals surface area contributed by atoms with Crippen molar-refractivity contribution in [2.45, 2.75) is 93.2 Å². The number of hydrazine groups is 1. The molecule has 1 saturated heterocycles. The number of pyridine rings is 1. The number of esters is 1. The maximum atomic E-state index is 11.5. The standard InChI is InChI=1S/C32H41N5O5.C5H12N2.C2H6/c1-9-37(26-14-12-24(13-15-26)31-35-28(42-36-31)17-25(19-38)33-7)30(21(2)18-32(5,6)20-41-23(4)39)27-11-10-16-34-29(27)22(3)40-8;1-7-5-3-2-4-6-7;1-2/h10-16,19,22,25H,7,9,17-18,20H2,1-6,8H3;6H,2-5H2,1H3;1-2H3/b30-21+;;. The van der Waals surface area contributed by atoms with Crippen molar-refractivity contribution in [3.05, 3.63) is 65.3 Å². The van der Waals surface area contributed by atoms with Gasteiger partial charge in [-0.25, -0.2) is 5.01 Å². The van der Waals surface area contributed by atoms with Gasteiger partial charge in [0.1, 0.15) is 12.3 Å². The molecule has 1 aromatic carbocycles. The van der Waals surface area contributed by atoms with Crippen LogP contribution in [0.25, 0.3) is 17.1 Å². The van der Waals surface area contributed by atoms with Gasteiger partial charge < -0.3 is 23.7 Å². The molecule has 0 saturated carbocycles. The molecule has 2 unspecified atom stereocenters. The summed E-state index contributed by atoms with van der Waals surface area (Å²) in [5.74, 6) is 0.455. The Kier molecular flexibility index (Phi) is 18.4. The number of aromatic nitrogens is 3. The fourth-order valence-electron chi connectivity index (χ4n) is 5.68. The first-order chi connectivity index (χ1) is 24.4. The van der Waals surface area contributed by atoms with Crippen molar-refractivity contribution in [2.24, 2.45) is 10.4 Å². The molecule has 1 fully saturated rings. The van der Waals surface area contributed by atoms with E-state index in [2.05, 4.69) is 78.0 Å². The van der Waals surface area contributed by atoms with Crippen LogP contribution in [0.5, 0.6) is 0 Å². The zero-order chi connectivity index (χ0) is 38.0. The summed E-state index contributed by atoms with van der Waals surface area (Å²) >= 11 is 0. The molecule has 1 aliphatic heterocycles. The fourth-order valence-corrected chi connectivity index (χ4v) is 5.68. The summed E-state index contributed by atoms with van der Waals surface area (Å²) in [5.41, 5.74) is 8.62. The molecule has 3 heterocycles. The number of benzene rings is 1. The first-order valence-electron chi connectivity index (χ1n) is 17.8. The molecule has 0 radical (unpaired) electrons. The van der Waals surface area contributed by atoms with E-state index in [4.69, 9.17) is 19.0 Å². The van der Waals surface area contributed by atoms with Crippen LogP contribution < -0.4 is 10.3 Å². The lowest BCUT2D eigenvalue weighted by atomic mass is 9.85. The van der Waals surface area contributed by atoms with Crippen LogP contribution >= 0.6 is 0 Å². The molecular weight excluding hydrogens is 646 g/mol. The first kappa shape index (κ1) is 42.9. The number of rotatable bonds is 15. The molecule has 0 amide bonds. The average molecular weight is 706 g/mol. The van der Waals surface area contributed by atoms with Gasteiger partial charge in [0.05, 0.1) is 24.8 Å². The van der Waals surface area contributed by atoms with Gasteiger partial charge >= 0.3 is 5.97 Å². The molecule has 51 heavy (non-hydrogen) atoms. The minimum Gasteiger partial charge on any atom is -0.465 e. The van der Waals surface area contributed by atoms with E-state index in [9.17, 15) is 9.59 Å². The highest BCUT2D eigenvalue weighted by Crippen LogP contribution is 2.37. The Bertz CT molecular complexity index is 1520. The normalized spacial score (nSPS) is 14.8. The molecule has 3 aromatic rings. The average Bonchev–Trinajstić information content (AvgIpc) is 3.61. The molecular formula is C39H59N7O5. The second-order valence-electron chi connectivity index (χ2n) is 13.0. The number of methoxy groups -OCH3 is 1. The molecule has 0 aliphatic carbocycles. The van der Waals surface area contributed by atoms with E-state index in [1.54, 1.807) is 13.3 Å². The number of hydrogen-bond acceptors (Lipinski definition) is 12.